The maximum Gasteiger partial charge on any atom is 0.311 e. The summed E-state index contributed by atoms with van der Waals surface area (Å²) in [6.45, 7) is 1.21. The third-order valence-electron chi connectivity index (χ3n) is 8.17. The zero-order valence-corrected chi connectivity index (χ0v) is 17.2. The average Bonchev–Trinajstić information content (AvgIpc) is 2.73. The van der Waals surface area contributed by atoms with Crippen LogP contribution >= 0.6 is 0 Å². The molecule has 1 aliphatic heterocycles. The van der Waals surface area contributed by atoms with Crippen LogP contribution in [-0.4, -0.2) is 37.7 Å². The van der Waals surface area contributed by atoms with E-state index in [1.165, 1.54) is 13.5 Å². The number of benzene rings is 1. The zero-order valence-electron chi connectivity index (χ0n) is 17.2. The quantitative estimate of drug-likeness (QED) is 0.792. The van der Waals surface area contributed by atoms with Gasteiger partial charge in [-0.25, -0.2) is 0 Å². The van der Waals surface area contributed by atoms with E-state index in [2.05, 4.69) is 17.4 Å². The highest BCUT2D eigenvalue weighted by Crippen LogP contribution is 2.62. The van der Waals surface area contributed by atoms with Gasteiger partial charge in [-0.1, -0.05) is 30.3 Å². The SMILES string of the molecule is COC(=O)C12C[C@@H]3C[C@H](CC(NC(=O)C4(c5ccccc5)CCOCC4)(C3)C1)C2. The molecule has 1 amide bonds. The second-order valence-corrected chi connectivity index (χ2v) is 10.0. The lowest BCUT2D eigenvalue weighted by Crippen LogP contribution is -2.67. The minimum Gasteiger partial charge on any atom is -0.469 e. The molecule has 1 aromatic carbocycles. The van der Waals surface area contributed by atoms with E-state index in [0.29, 0.717) is 37.9 Å². The highest BCUT2D eigenvalue weighted by Gasteiger charge is 2.62. The fraction of sp³-hybridized carbons (Fsp3) is 0.667. The van der Waals surface area contributed by atoms with Crippen molar-refractivity contribution in [1.29, 1.82) is 0 Å². The number of hydrogen-bond acceptors (Lipinski definition) is 4. The van der Waals surface area contributed by atoms with Gasteiger partial charge in [0.2, 0.25) is 5.91 Å². The molecule has 5 nitrogen and oxygen atoms in total. The number of hydrogen-bond donors (Lipinski definition) is 1. The van der Waals surface area contributed by atoms with Crippen molar-refractivity contribution in [3.63, 3.8) is 0 Å². The van der Waals surface area contributed by atoms with Crippen LogP contribution in [0.5, 0.6) is 0 Å². The summed E-state index contributed by atoms with van der Waals surface area (Å²) in [5.74, 6) is 1.07. The molecule has 5 heteroatoms. The van der Waals surface area contributed by atoms with Crippen molar-refractivity contribution in [2.24, 2.45) is 17.3 Å². The predicted octanol–water partition coefficient (Wildman–Crippen LogP) is 3.36. The molecular weight excluding hydrogens is 366 g/mol. The first kappa shape index (κ1) is 19.1. The van der Waals surface area contributed by atoms with Gasteiger partial charge in [0.15, 0.2) is 0 Å². The van der Waals surface area contributed by atoms with Gasteiger partial charge in [-0.05, 0) is 68.8 Å². The van der Waals surface area contributed by atoms with Crippen LogP contribution in [0.25, 0.3) is 0 Å². The lowest BCUT2D eigenvalue weighted by molar-refractivity contribution is -0.173. The fourth-order valence-electron chi connectivity index (χ4n) is 7.35. The number of nitrogens with one attached hydrogen (secondary N) is 1. The Morgan fingerprint density at radius 1 is 1.03 bits per heavy atom. The minimum atomic E-state index is -0.540. The number of esters is 1. The molecule has 0 spiro atoms. The standard InChI is InChI=1S/C24H31NO4/c1-28-21(27)22-12-17-11-18(13-22)15-23(14-17,16-22)25-20(26)24(7-9-29-10-8-24)19-5-3-2-4-6-19/h2-6,17-18H,7-16H2,1H3,(H,25,26)/t17-,18-,22?,23?/m0/s1. The maximum absolute atomic E-state index is 13.9. The first-order valence-electron chi connectivity index (χ1n) is 11.0. The smallest absolute Gasteiger partial charge is 0.311 e. The molecule has 156 valence electrons. The lowest BCUT2D eigenvalue weighted by Gasteiger charge is -2.61. The van der Waals surface area contributed by atoms with Crippen LogP contribution in [0.2, 0.25) is 0 Å². The van der Waals surface area contributed by atoms with Crippen LogP contribution in [-0.2, 0) is 24.5 Å². The van der Waals surface area contributed by atoms with Gasteiger partial charge >= 0.3 is 5.97 Å². The molecular formula is C24H31NO4. The highest BCUT2D eigenvalue weighted by molar-refractivity contribution is 5.89. The molecule has 1 heterocycles. The van der Waals surface area contributed by atoms with Gasteiger partial charge < -0.3 is 14.8 Å². The Morgan fingerprint density at radius 2 is 1.69 bits per heavy atom. The molecule has 4 saturated carbocycles. The molecule has 1 N–H and O–H groups in total. The van der Waals surface area contributed by atoms with Gasteiger partial charge in [0, 0.05) is 18.8 Å². The largest absolute Gasteiger partial charge is 0.469 e. The summed E-state index contributed by atoms with van der Waals surface area (Å²) >= 11 is 0. The summed E-state index contributed by atoms with van der Waals surface area (Å²) in [7, 11) is 1.50. The van der Waals surface area contributed by atoms with E-state index >= 15 is 0 Å². The molecule has 5 aliphatic rings. The van der Waals surface area contributed by atoms with Crippen molar-refractivity contribution < 1.29 is 19.1 Å². The molecule has 29 heavy (non-hydrogen) atoms. The number of rotatable bonds is 4. The molecule has 0 radical (unpaired) electrons. The van der Waals surface area contributed by atoms with Gasteiger partial charge in [0.05, 0.1) is 17.9 Å². The van der Waals surface area contributed by atoms with E-state index in [-0.39, 0.29) is 17.4 Å². The Bertz CT molecular complexity index is 784. The Labute approximate surface area is 172 Å². The molecule has 0 unspecified atom stereocenters. The van der Waals surface area contributed by atoms with Gasteiger partial charge in [-0.2, -0.15) is 0 Å². The van der Waals surface area contributed by atoms with E-state index in [9.17, 15) is 9.59 Å². The van der Waals surface area contributed by atoms with Gasteiger partial charge in [-0.15, -0.1) is 0 Å². The summed E-state index contributed by atoms with van der Waals surface area (Å²) in [5, 5.41) is 3.54. The van der Waals surface area contributed by atoms with Crippen molar-refractivity contribution in [3.8, 4) is 0 Å². The normalized spacial score (nSPS) is 37.1. The molecule has 5 fully saturated rings. The van der Waals surface area contributed by atoms with Gasteiger partial charge in [-0.3, -0.25) is 9.59 Å². The summed E-state index contributed by atoms with van der Waals surface area (Å²) < 4.78 is 10.8. The topological polar surface area (TPSA) is 64.6 Å². The van der Waals surface area contributed by atoms with E-state index in [1.54, 1.807) is 0 Å². The predicted molar refractivity (Wildman–Crippen MR) is 108 cm³/mol. The highest BCUT2D eigenvalue weighted by atomic mass is 16.5. The second kappa shape index (κ2) is 6.83. The minimum absolute atomic E-state index is 0.0749. The van der Waals surface area contributed by atoms with Crippen LogP contribution < -0.4 is 5.32 Å². The lowest BCUT2D eigenvalue weighted by atomic mass is 9.46. The molecule has 1 aromatic rings. The zero-order chi connectivity index (χ0) is 20.1. The molecule has 2 atom stereocenters. The van der Waals surface area contributed by atoms with E-state index in [0.717, 1.165) is 37.7 Å². The first-order valence-corrected chi connectivity index (χ1v) is 11.0. The fourth-order valence-corrected chi connectivity index (χ4v) is 7.35. The Balaban J connectivity index is 1.46. The Kier molecular flexibility index (Phi) is 4.50. The monoisotopic (exact) mass is 397 g/mol. The second-order valence-electron chi connectivity index (χ2n) is 10.0. The molecule has 6 rings (SSSR count). The van der Waals surface area contributed by atoms with Crippen molar-refractivity contribution >= 4 is 11.9 Å². The number of carbonyl (C=O) groups excluding carboxylic acids is 2. The number of ether oxygens (including phenoxy) is 2. The van der Waals surface area contributed by atoms with Gasteiger partial charge in [0.25, 0.3) is 0 Å². The molecule has 0 aromatic heterocycles. The Hall–Kier alpha value is -1.88. The van der Waals surface area contributed by atoms with Crippen LogP contribution in [0.3, 0.4) is 0 Å². The van der Waals surface area contributed by atoms with Crippen molar-refractivity contribution in [2.75, 3.05) is 20.3 Å². The third kappa shape index (κ3) is 3.00. The summed E-state index contributed by atoms with van der Waals surface area (Å²) in [5.41, 5.74) is -0.133. The maximum atomic E-state index is 13.9. The van der Waals surface area contributed by atoms with Crippen molar-refractivity contribution in [3.05, 3.63) is 35.9 Å². The van der Waals surface area contributed by atoms with Crippen LogP contribution in [0.1, 0.15) is 56.9 Å². The average molecular weight is 398 g/mol. The summed E-state index contributed by atoms with van der Waals surface area (Å²) in [6.07, 6.45) is 7.16. The molecule has 4 bridgehead atoms. The van der Waals surface area contributed by atoms with E-state index < -0.39 is 10.8 Å². The summed E-state index contributed by atoms with van der Waals surface area (Å²) in [4.78, 5) is 26.6. The van der Waals surface area contributed by atoms with Gasteiger partial charge in [0.1, 0.15) is 0 Å². The van der Waals surface area contributed by atoms with Crippen molar-refractivity contribution in [2.45, 2.75) is 62.3 Å². The van der Waals surface area contributed by atoms with Crippen molar-refractivity contribution in [1.82, 2.24) is 5.32 Å². The van der Waals surface area contributed by atoms with E-state index in [4.69, 9.17) is 9.47 Å². The van der Waals surface area contributed by atoms with Crippen LogP contribution in [0.4, 0.5) is 0 Å². The number of amides is 1. The number of carbonyl (C=O) groups is 2. The van der Waals surface area contributed by atoms with Crippen LogP contribution in [0, 0.1) is 17.3 Å². The number of methoxy groups -OCH3 is 1. The van der Waals surface area contributed by atoms with E-state index in [1.807, 2.05) is 18.2 Å². The molecule has 1 saturated heterocycles. The third-order valence-corrected chi connectivity index (χ3v) is 8.17. The van der Waals surface area contributed by atoms with Crippen LogP contribution in [0.15, 0.2) is 30.3 Å². The summed E-state index contributed by atoms with van der Waals surface area (Å²) in [6, 6.07) is 10.2. The first-order chi connectivity index (χ1) is 14.0. The molecule has 4 aliphatic carbocycles. The Morgan fingerprint density at radius 3 is 2.31 bits per heavy atom.